The van der Waals surface area contributed by atoms with Crippen molar-refractivity contribution in [1.82, 2.24) is 0 Å². The number of ether oxygens (including phenoxy) is 1. The quantitative estimate of drug-likeness (QED) is 0.884. The maximum absolute atomic E-state index is 9.95. The van der Waals surface area contributed by atoms with E-state index in [1.54, 1.807) is 12.1 Å². The van der Waals surface area contributed by atoms with Crippen molar-refractivity contribution in [2.45, 2.75) is 44.4 Å². The van der Waals surface area contributed by atoms with Crippen molar-refractivity contribution in [3.63, 3.8) is 0 Å². The summed E-state index contributed by atoms with van der Waals surface area (Å²) in [7, 11) is 0. The second kappa shape index (κ2) is 7.21. The van der Waals surface area contributed by atoms with E-state index in [-0.39, 0.29) is 12.2 Å². The fourth-order valence-electron chi connectivity index (χ4n) is 2.76. The lowest BCUT2D eigenvalue weighted by molar-refractivity contribution is 0.00688. The van der Waals surface area contributed by atoms with Gasteiger partial charge in [-0.25, -0.2) is 0 Å². The first-order valence-electron chi connectivity index (χ1n) is 7.92. The van der Waals surface area contributed by atoms with Gasteiger partial charge in [-0.2, -0.15) is 5.26 Å². The van der Waals surface area contributed by atoms with Gasteiger partial charge in [-0.1, -0.05) is 6.42 Å². The molecule has 1 saturated carbocycles. The maximum Gasteiger partial charge on any atom is 0.203 e. The highest BCUT2D eigenvalue weighted by Gasteiger charge is 2.24. The van der Waals surface area contributed by atoms with Crippen molar-refractivity contribution in [2.24, 2.45) is 0 Å². The summed E-state index contributed by atoms with van der Waals surface area (Å²) in [5.41, 5.74) is 0.941. The molecular weight excluding hydrogens is 292 g/mol. The molecule has 2 unspecified atom stereocenters. The van der Waals surface area contributed by atoms with Crippen LogP contribution in [0.2, 0.25) is 0 Å². The smallest absolute Gasteiger partial charge is 0.203 e. The standard InChI is InChI=1S/C18H20N2O3/c19-11-15-9-10-16(22-15)12-20-13-5-7-14(8-6-13)23-18-4-2-1-3-17(18)21/h5-10,17-18,20-21H,1-4,12H2. The van der Waals surface area contributed by atoms with Gasteiger partial charge in [-0.15, -0.1) is 0 Å². The Labute approximate surface area is 135 Å². The van der Waals surface area contributed by atoms with Gasteiger partial charge in [0.2, 0.25) is 5.76 Å². The molecule has 23 heavy (non-hydrogen) atoms. The van der Waals surface area contributed by atoms with Crippen LogP contribution in [0.25, 0.3) is 0 Å². The van der Waals surface area contributed by atoms with E-state index in [4.69, 9.17) is 14.4 Å². The topological polar surface area (TPSA) is 78.4 Å². The van der Waals surface area contributed by atoms with E-state index in [0.29, 0.717) is 18.1 Å². The first-order valence-corrected chi connectivity index (χ1v) is 7.92. The molecule has 1 aromatic carbocycles. The van der Waals surface area contributed by atoms with E-state index >= 15 is 0 Å². The molecule has 2 aromatic rings. The fourth-order valence-corrected chi connectivity index (χ4v) is 2.76. The van der Waals surface area contributed by atoms with Gasteiger partial charge in [0.05, 0.1) is 12.6 Å². The highest BCUT2D eigenvalue weighted by molar-refractivity contribution is 5.46. The van der Waals surface area contributed by atoms with E-state index in [0.717, 1.165) is 37.1 Å². The zero-order chi connectivity index (χ0) is 16.1. The Morgan fingerprint density at radius 3 is 2.65 bits per heavy atom. The number of hydrogen-bond acceptors (Lipinski definition) is 5. The Hall–Kier alpha value is -2.45. The predicted molar refractivity (Wildman–Crippen MR) is 86.1 cm³/mol. The average Bonchev–Trinajstić information content (AvgIpc) is 3.04. The molecular formula is C18H20N2O3. The summed E-state index contributed by atoms with van der Waals surface area (Å²) in [5, 5.41) is 21.9. The van der Waals surface area contributed by atoms with Gasteiger partial charge in [0.25, 0.3) is 0 Å². The number of aliphatic hydroxyl groups is 1. The maximum atomic E-state index is 9.95. The van der Waals surface area contributed by atoms with Crippen molar-refractivity contribution in [1.29, 1.82) is 5.26 Å². The van der Waals surface area contributed by atoms with Gasteiger partial charge >= 0.3 is 0 Å². The summed E-state index contributed by atoms with van der Waals surface area (Å²) < 4.78 is 11.2. The van der Waals surface area contributed by atoms with E-state index in [1.807, 2.05) is 30.3 Å². The normalized spacial score (nSPS) is 20.7. The third kappa shape index (κ3) is 4.05. The monoisotopic (exact) mass is 312 g/mol. The molecule has 1 heterocycles. The molecule has 2 atom stereocenters. The summed E-state index contributed by atoms with van der Waals surface area (Å²) >= 11 is 0. The zero-order valence-electron chi connectivity index (χ0n) is 12.9. The molecule has 1 aliphatic rings. The van der Waals surface area contributed by atoms with Crippen LogP contribution in [0.1, 0.15) is 37.2 Å². The second-order valence-electron chi connectivity index (χ2n) is 5.76. The molecule has 5 heteroatoms. The first-order chi connectivity index (χ1) is 11.2. The van der Waals surface area contributed by atoms with Gasteiger partial charge in [0.15, 0.2) is 0 Å². The number of hydrogen-bond donors (Lipinski definition) is 2. The Morgan fingerprint density at radius 1 is 1.17 bits per heavy atom. The van der Waals surface area contributed by atoms with E-state index < -0.39 is 0 Å². The molecule has 0 amide bonds. The summed E-state index contributed by atoms with van der Waals surface area (Å²) in [5.74, 6) is 1.80. The highest BCUT2D eigenvalue weighted by Crippen LogP contribution is 2.25. The summed E-state index contributed by atoms with van der Waals surface area (Å²) in [4.78, 5) is 0. The average molecular weight is 312 g/mol. The third-order valence-electron chi connectivity index (χ3n) is 4.05. The second-order valence-corrected chi connectivity index (χ2v) is 5.76. The molecule has 0 spiro atoms. The number of aliphatic hydroxyl groups excluding tert-OH is 1. The Bertz CT molecular complexity index is 672. The molecule has 1 aliphatic carbocycles. The first kappa shape index (κ1) is 15.4. The molecule has 5 nitrogen and oxygen atoms in total. The van der Waals surface area contributed by atoms with Gasteiger partial charge < -0.3 is 19.6 Å². The third-order valence-corrected chi connectivity index (χ3v) is 4.05. The summed E-state index contributed by atoms with van der Waals surface area (Å²) in [6.07, 6.45) is 3.43. The van der Waals surface area contributed by atoms with Gasteiger partial charge in [-0.3, -0.25) is 0 Å². The molecule has 3 rings (SSSR count). The van der Waals surface area contributed by atoms with Crippen molar-refractivity contribution >= 4 is 5.69 Å². The minimum absolute atomic E-state index is 0.102. The Balaban J connectivity index is 1.53. The summed E-state index contributed by atoms with van der Waals surface area (Å²) in [6.45, 7) is 0.517. The van der Waals surface area contributed by atoms with Crippen LogP contribution in [0.15, 0.2) is 40.8 Å². The van der Waals surface area contributed by atoms with Crippen molar-refractivity contribution in [2.75, 3.05) is 5.32 Å². The molecule has 0 saturated heterocycles. The van der Waals surface area contributed by atoms with Crippen LogP contribution in [0, 0.1) is 11.3 Å². The Kier molecular flexibility index (Phi) is 4.84. The number of furan rings is 1. The number of nitrogens with one attached hydrogen (secondary N) is 1. The zero-order valence-corrected chi connectivity index (χ0v) is 12.9. The van der Waals surface area contributed by atoms with Crippen molar-refractivity contribution in [3.8, 4) is 11.8 Å². The Morgan fingerprint density at radius 2 is 1.96 bits per heavy atom. The van der Waals surface area contributed by atoms with Crippen LogP contribution < -0.4 is 10.1 Å². The van der Waals surface area contributed by atoms with Crippen molar-refractivity contribution < 1.29 is 14.3 Å². The fraction of sp³-hybridized carbons (Fsp3) is 0.389. The highest BCUT2D eigenvalue weighted by atomic mass is 16.5. The number of benzene rings is 1. The predicted octanol–water partition coefficient (Wildman–Crippen LogP) is 3.45. The number of nitrogens with zero attached hydrogens (tertiary/aromatic N) is 1. The van der Waals surface area contributed by atoms with Gasteiger partial charge in [-0.05, 0) is 55.7 Å². The lowest BCUT2D eigenvalue weighted by Gasteiger charge is -2.28. The van der Waals surface area contributed by atoms with E-state index in [2.05, 4.69) is 5.32 Å². The number of rotatable bonds is 5. The molecule has 0 radical (unpaired) electrons. The lowest BCUT2D eigenvalue weighted by atomic mass is 9.95. The van der Waals surface area contributed by atoms with Crippen molar-refractivity contribution in [3.05, 3.63) is 47.9 Å². The number of anilines is 1. The van der Waals surface area contributed by atoms with Crippen LogP contribution in [-0.4, -0.2) is 17.3 Å². The molecule has 0 aliphatic heterocycles. The molecule has 1 fully saturated rings. The van der Waals surface area contributed by atoms with E-state index in [1.165, 1.54) is 0 Å². The lowest BCUT2D eigenvalue weighted by Crippen LogP contribution is -2.34. The minimum atomic E-state index is -0.366. The van der Waals surface area contributed by atoms with Gasteiger partial charge in [0.1, 0.15) is 23.7 Å². The number of nitriles is 1. The van der Waals surface area contributed by atoms with Crippen LogP contribution >= 0.6 is 0 Å². The summed E-state index contributed by atoms with van der Waals surface area (Å²) in [6, 6.07) is 13.1. The molecule has 0 bridgehead atoms. The van der Waals surface area contributed by atoms with Gasteiger partial charge in [0, 0.05) is 5.69 Å². The molecule has 1 aromatic heterocycles. The van der Waals surface area contributed by atoms with Crippen LogP contribution in [0.3, 0.4) is 0 Å². The SMILES string of the molecule is N#Cc1ccc(CNc2ccc(OC3CCCCC3O)cc2)o1. The molecule has 120 valence electrons. The largest absolute Gasteiger partial charge is 0.488 e. The van der Waals surface area contributed by atoms with Crippen LogP contribution in [0.5, 0.6) is 5.75 Å². The van der Waals surface area contributed by atoms with Crippen LogP contribution in [-0.2, 0) is 6.54 Å². The van der Waals surface area contributed by atoms with E-state index in [9.17, 15) is 5.11 Å². The van der Waals surface area contributed by atoms with Crippen LogP contribution in [0.4, 0.5) is 5.69 Å². The molecule has 2 N–H and O–H groups in total. The minimum Gasteiger partial charge on any atom is -0.488 e.